The lowest BCUT2D eigenvalue weighted by molar-refractivity contribution is -0.137. The predicted molar refractivity (Wildman–Crippen MR) is 95.9 cm³/mol. The molecule has 0 aliphatic carbocycles. The second-order valence-corrected chi connectivity index (χ2v) is 5.93. The molecule has 2 aromatic rings. The van der Waals surface area contributed by atoms with Crippen LogP contribution in [0.5, 0.6) is 11.5 Å². The third-order valence-corrected chi connectivity index (χ3v) is 4.18. The van der Waals surface area contributed by atoms with Crippen LogP contribution in [0.4, 0.5) is 0 Å². The van der Waals surface area contributed by atoms with Crippen LogP contribution in [0, 0.1) is 0 Å². The number of rotatable bonds is 8. The Bertz CT molecular complexity index is 768. The van der Waals surface area contributed by atoms with E-state index in [1.54, 1.807) is 7.11 Å². The molecule has 0 bridgehead atoms. The molecule has 1 atom stereocenters. The lowest BCUT2D eigenvalue weighted by atomic mass is 9.92. The van der Waals surface area contributed by atoms with Crippen molar-refractivity contribution in [2.45, 2.75) is 18.9 Å². The van der Waals surface area contributed by atoms with Gasteiger partial charge in [0.2, 0.25) is 0 Å². The first-order valence-corrected chi connectivity index (χ1v) is 8.31. The van der Waals surface area contributed by atoms with Crippen LogP contribution in [0.3, 0.4) is 0 Å². The van der Waals surface area contributed by atoms with Crippen molar-refractivity contribution in [2.24, 2.45) is 0 Å². The summed E-state index contributed by atoms with van der Waals surface area (Å²) in [6.45, 7) is 0.886. The lowest BCUT2D eigenvalue weighted by Gasteiger charge is -2.17. The summed E-state index contributed by atoms with van der Waals surface area (Å²) in [4.78, 5) is 16.3. The molecule has 1 aliphatic heterocycles. The molecule has 0 aromatic heterocycles. The summed E-state index contributed by atoms with van der Waals surface area (Å²) in [6, 6.07) is 15.2. The molecule has 1 aliphatic rings. The molecule has 6 heteroatoms. The number of hydroxylamine groups is 1. The van der Waals surface area contributed by atoms with Gasteiger partial charge in [0.1, 0.15) is 18.1 Å². The zero-order valence-corrected chi connectivity index (χ0v) is 14.5. The maximum atomic E-state index is 11.2. The van der Waals surface area contributed by atoms with Crippen molar-refractivity contribution in [3.63, 3.8) is 0 Å². The van der Waals surface area contributed by atoms with E-state index in [0.717, 1.165) is 28.3 Å². The molecular weight excluding hydrogens is 334 g/mol. The molecule has 2 N–H and O–H groups in total. The van der Waals surface area contributed by atoms with Crippen LogP contribution in [-0.2, 0) is 16.2 Å². The topological polar surface area (TPSA) is 77.0 Å². The quantitative estimate of drug-likeness (QED) is 0.757. The van der Waals surface area contributed by atoms with E-state index in [1.807, 2.05) is 54.6 Å². The second kappa shape index (κ2) is 8.40. The van der Waals surface area contributed by atoms with Crippen LogP contribution in [0.25, 0.3) is 0 Å². The van der Waals surface area contributed by atoms with Crippen LogP contribution in [-0.4, -0.2) is 24.8 Å². The Morgan fingerprint density at radius 2 is 1.85 bits per heavy atom. The average Bonchev–Trinajstić information content (AvgIpc) is 3.20. The summed E-state index contributed by atoms with van der Waals surface area (Å²) < 4.78 is 10.9. The molecule has 0 fully saturated rings. The molecule has 3 rings (SSSR count). The van der Waals surface area contributed by atoms with E-state index >= 15 is 0 Å². The van der Waals surface area contributed by atoms with Gasteiger partial charge in [0, 0.05) is 11.6 Å². The number of allylic oxidation sites excluding steroid dienone is 1. The predicted octanol–water partition coefficient (Wildman–Crippen LogP) is 3.25. The summed E-state index contributed by atoms with van der Waals surface area (Å²) >= 11 is 0. The van der Waals surface area contributed by atoms with Crippen molar-refractivity contribution in [3.8, 4) is 11.5 Å². The summed E-state index contributed by atoms with van der Waals surface area (Å²) in [5.74, 6) is 0.403. The highest BCUT2D eigenvalue weighted by Gasteiger charge is 2.22. The van der Waals surface area contributed by atoms with Crippen LogP contribution < -0.4 is 15.0 Å². The van der Waals surface area contributed by atoms with Gasteiger partial charge in [-0.3, -0.25) is 15.1 Å². The van der Waals surface area contributed by atoms with Crippen LogP contribution in [0.15, 0.2) is 60.3 Å². The number of nitrogens with one attached hydrogen (secondary N) is 1. The fourth-order valence-corrected chi connectivity index (χ4v) is 2.78. The number of hydrogen-bond acceptors (Lipinski definition) is 5. The first-order chi connectivity index (χ1) is 12.7. The third kappa shape index (κ3) is 4.55. The Morgan fingerprint density at radius 1 is 1.15 bits per heavy atom. The van der Waals surface area contributed by atoms with Crippen molar-refractivity contribution in [3.05, 3.63) is 71.4 Å². The van der Waals surface area contributed by atoms with E-state index in [9.17, 15) is 9.90 Å². The molecule has 0 saturated carbocycles. The largest absolute Gasteiger partial charge is 0.497 e. The Balaban J connectivity index is 1.65. The first-order valence-electron chi connectivity index (χ1n) is 8.31. The van der Waals surface area contributed by atoms with E-state index in [-0.39, 0.29) is 12.3 Å². The Morgan fingerprint density at radius 3 is 2.42 bits per heavy atom. The fraction of sp³-hybridized carbons (Fsp3) is 0.250. The van der Waals surface area contributed by atoms with Crippen molar-refractivity contribution in [1.82, 2.24) is 5.48 Å². The van der Waals surface area contributed by atoms with E-state index < -0.39 is 5.97 Å². The fourth-order valence-electron chi connectivity index (χ4n) is 2.78. The van der Waals surface area contributed by atoms with E-state index in [0.29, 0.717) is 13.2 Å². The molecule has 136 valence electrons. The number of carboxylic acid groups (broad SMARTS) is 1. The van der Waals surface area contributed by atoms with E-state index in [1.165, 1.54) is 0 Å². The zero-order valence-electron chi connectivity index (χ0n) is 14.5. The molecule has 26 heavy (non-hydrogen) atoms. The summed E-state index contributed by atoms with van der Waals surface area (Å²) in [5, 5.41) is 9.18. The summed E-state index contributed by atoms with van der Waals surface area (Å²) in [5.41, 5.74) is 5.50. The Hall–Kier alpha value is -2.99. The zero-order chi connectivity index (χ0) is 18.4. The van der Waals surface area contributed by atoms with E-state index in [4.69, 9.17) is 14.3 Å². The van der Waals surface area contributed by atoms with Crippen molar-refractivity contribution in [1.29, 1.82) is 0 Å². The number of ether oxygens (including phenoxy) is 2. The van der Waals surface area contributed by atoms with Crippen LogP contribution in [0.2, 0.25) is 0 Å². The molecular formula is C20H21NO5. The number of aliphatic carboxylic acids is 1. The molecule has 6 nitrogen and oxygen atoms in total. The number of carboxylic acids is 1. The minimum absolute atomic E-state index is 0.00571. The Labute approximate surface area is 152 Å². The van der Waals surface area contributed by atoms with Gasteiger partial charge >= 0.3 is 5.97 Å². The SMILES string of the molecule is COc1ccc(COc2ccc(C(CC(=O)O)C3=CCON3)cc2)cc1. The highest BCUT2D eigenvalue weighted by molar-refractivity contribution is 5.69. The molecule has 1 heterocycles. The van der Waals surface area contributed by atoms with Gasteiger partial charge in [0.05, 0.1) is 20.1 Å². The number of benzene rings is 2. The minimum atomic E-state index is -0.857. The molecule has 1 unspecified atom stereocenters. The van der Waals surface area contributed by atoms with Crippen molar-refractivity contribution < 1.29 is 24.2 Å². The van der Waals surface area contributed by atoms with Gasteiger partial charge in [-0.15, -0.1) is 0 Å². The van der Waals surface area contributed by atoms with Gasteiger partial charge in [0.15, 0.2) is 0 Å². The number of carbonyl (C=O) groups is 1. The van der Waals surface area contributed by atoms with Gasteiger partial charge in [-0.05, 0) is 41.5 Å². The summed E-state index contributed by atoms with van der Waals surface area (Å²) in [6.07, 6.45) is 1.86. The minimum Gasteiger partial charge on any atom is -0.497 e. The van der Waals surface area contributed by atoms with Gasteiger partial charge < -0.3 is 14.6 Å². The monoisotopic (exact) mass is 355 g/mol. The van der Waals surface area contributed by atoms with Crippen LogP contribution in [0.1, 0.15) is 23.5 Å². The number of hydrogen-bond donors (Lipinski definition) is 2. The molecule has 0 spiro atoms. The smallest absolute Gasteiger partial charge is 0.304 e. The Kier molecular flexibility index (Phi) is 5.76. The average molecular weight is 355 g/mol. The first kappa shape index (κ1) is 17.8. The maximum Gasteiger partial charge on any atom is 0.304 e. The van der Waals surface area contributed by atoms with Crippen molar-refractivity contribution >= 4 is 5.97 Å². The molecule has 0 saturated heterocycles. The van der Waals surface area contributed by atoms with E-state index in [2.05, 4.69) is 5.48 Å². The van der Waals surface area contributed by atoms with Gasteiger partial charge in [-0.25, -0.2) is 0 Å². The highest BCUT2D eigenvalue weighted by atomic mass is 16.6. The normalized spacial score (nSPS) is 14.3. The standard InChI is InChI=1S/C20H21NO5/c1-24-16-6-2-14(3-7-16)13-25-17-8-4-15(5-9-17)18(12-20(22)23)19-10-11-26-21-19/h2-10,18,21H,11-13H2,1H3,(H,22,23). The van der Waals surface area contributed by atoms with Gasteiger partial charge in [-0.2, -0.15) is 0 Å². The lowest BCUT2D eigenvalue weighted by Crippen LogP contribution is -2.17. The maximum absolute atomic E-state index is 11.2. The molecule has 0 radical (unpaired) electrons. The van der Waals surface area contributed by atoms with Gasteiger partial charge in [-0.1, -0.05) is 24.3 Å². The molecule has 2 aromatic carbocycles. The van der Waals surface area contributed by atoms with Crippen LogP contribution >= 0.6 is 0 Å². The third-order valence-electron chi connectivity index (χ3n) is 4.18. The van der Waals surface area contributed by atoms with Gasteiger partial charge in [0.25, 0.3) is 0 Å². The van der Waals surface area contributed by atoms with Crippen molar-refractivity contribution in [2.75, 3.05) is 13.7 Å². The number of methoxy groups -OCH3 is 1. The second-order valence-electron chi connectivity index (χ2n) is 5.93. The summed E-state index contributed by atoms with van der Waals surface area (Å²) in [7, 11) is 1.63. The highest BCUT2D eigenvalue weighted by Crippen LogP contribution is 2.29. The molecule has 0 amide bonds.